The number of nitrogen functional groups attached to an aromatic ring is 1. The average Bonchev–Trinajstić information content (AvgIpc) is 2.85. The number of rotatable bonds is 3. The Labute approximate surface area is 112 Å². The van der Waals surface area contributed by atoms with Crippen molar-refractivity contribution < 1.29 is 9.47 Å². The molecule has 1 aromatic heterocycles. The number of ether oxygens (including phenoxy) is 2. The number of nitrogens with zero attached hydrogens (tertiary/aromatic N) is 3. The molecule has 6 heteroatoms. The molecule has 104 valence electrons. The molecule has 0 spiro atoms. The third-order valence-electron chi connectivity index (χ3n) is 3.79. The first-order valence-corrected chi connectivity index (χ1v) is 6.74. The molecule has 0 radical (unpaired) electrons. The van der Waals surface area contributed by atoms with E-state index in [1.165, 1.54) is 12.8 Å². The van der Waals surface area contributed by atoms with Gasteiger partial charge in [-0.3, -0.25) is 4.90 Å². The molecule has 0 bridgehead atoms. The predicted molar refractivity (Wildman–Crippen MR) is 70.4 cm³/mol. The van der Waals surface area contributed by atoms with Crippen molar-refractivity contribution in [2.45, 2.75) is 31.6 Å². The van der Waals surface area contributed by atoms with Crippen molar-refractivity contribution in [3.63, 3.8) is 0 Å². The van der Waals surface area contributed by atoms with Crippen LogP contribution in [0, 0.1) is 0 Å². The molecule has 2 unspecified atom stereocenters. The lowest BCUT2D eigenvalue weighted by atomic mass is 10.2. The van der Waals surface area contributed by atoms with Crippen LogP contribution in [-0.2, 0) is 16.1 Å². The Morgan fingerprint density at radius 1 is 1.53 bits per heavy atom. The lowest BCUT2D eigenvalue weighted by molar-refractivity contribution is -0.0542. The van der Waals surface area contributed by atoms with E-state index in [1.807, 2.05) is 0 Å². The number of nitrogens with two attached hydrogens (primary N) is 1. The Morgan fingerprint density at radius 3 is 3.26 bits per heavy atom. The van der Waals surface area contributed by atoms with Gasteiger partial charge in [0.25, 0.3) is 0 Å². The molecular formula is C13H20N4O2. The van der Waals surface area contributed by atoms with Gasteiger partial charge in [-0.1, -0.05) is 0 Å². The van der Waals surface area contributed by atoms with E-state index in [0.717, 1.165) is 25.4 Å². The van der Waals surface area contributed by atoms with E-state index in [2.05, 4.69) is 14.9 Å². The van der Waals surface area contributed by atoms with Crippen molar-refractivity contribution >= 4 is 5.82 Å². The first-order chi connectivity index (χ1) is 9.26. The predicted octanol–water partition coefficient (Wildman–Crippen LogP) is 0.741. The normalized spacial score (nSPS) is 27.4. The van der Waals surface area contributed by atoms with Crippen LogP contribution in [0.2, 0.25) is 0 Å². The quantitative estimate of drug-likeness (QED) is 0.868. The molecule has 3 heterocycles. The first-order valence-electron chi connectivity index (χ1n) is 6.74. The summed E-state index contributed by atoms with van der Waals surface area (Å²) in [5, 5.41) is 0. The van der Waals surface area contributed by atoms with E-state index in [-0.39, 0.29) is 6.10 Å². The smallest absolute Gasteiger partial charge is 0.161 e. The summed E-state index contributed by atoms with van der Waals surface area (Å²) in [5.74, 6) is 1.15. The van der Waals surface area contributed by atoms with Crippen molar-refractivity contribution in [1.29, 1.82) is 0 Å². The van der Waals surface area contributed by atoms with Crippen LogP contribution in [0.25, 0.3) is 0 Å². The molecular weight excluding hydrogens is 244 g/mol. The van der Waals surface area contributed by atoms with Crippen LogP contribution in [0.15, 0.2) is 6.07 Å². The Kier molecular flexibility index (Phi) is 3.63. The Bertz CT molecular complexity index is 454. The van der Waals surface area contributed by atoms with Crippen LogP contribution in [-0.4, -0.2) is 47.7 Å². The van der Waals surface area contributed by atoms with Crippen molar-refractivity contribution in [2.75, 3.05) is 32.5 Å². The topological polar surface area (TPSA) is 73.5 Å². The van der Waals surface area contributed by atoms with Gasteiger partial charge in [-0.2, -0.15) is 0 Å². The second kappa shape index (κ2) is 5.40. The van der Waals surface area contributed by atoms with Gasteiger partial charge >= 0.3 is 0 Å². The molecule has 2 fully saturated rings. The largest absolute Gasteiger partial charge is 0.384 e. The van der Waals surface area contributed by atoms with Gasteiger partial charge in [0, 0.05) is 25.8 Å². The maximum absolute atomic E-state index is 5.90. The van der Waals surface area contributed by atoms with Crippen LogP contribution >= 0.6 is 0 Å². The zero-order valence-corrected chi connectivity index (χ0v) is 11.2. The number of methoxy groups -OCH3 is 1. The molecule has 2 aliphatic heterocycles. The van der Waals surface area contributed by atoms with E-state index in [4.69, 9.17) is 15.2 Å². The highest BCUT2D eigenvalue weighted by Crippen LogP contribution is 2.28. The highest BCUT2D eigenvalue weighted by molar-refractivity contribution is 5.30. The van der Waals surface area contributed by atoms with Gasteiger partial charge in [0.2, 0.25) is 0 Å². The summed E-state index contributed by atoms with van der Waals surface area (Å²) >= 11 is 0. The molecule has 2 aliphatic rings. The summed E-state index contributed by atoms with van der Waals surface area (Å²) in [5.41, 5.74) is 6.63. The minimum atomic E-state index is -0.0755. The molecule has 0 aliphatic carbocycles. The summed E-state index contributed by atoms with van der Waals surface area (Å²) < 4.78 is 11.0. The molecule has 0 amide bonds. The molecule has 1 aromatic rings. The fourth-order valence-electron chi connectivity index (χ4n) is 2.88. The fourth-order valence-corrected chi connectivity index (χ4v) is 2.88. The minimum absolute atomic E-state index is 0.0755. The van der Waals surface area contributed by atoms with Crippen LogP contribution in [0.1, 0.15) is 30.5 Å². The summed E-state index contributed by atoms with van der Waals surface area (Å²) in [6.45, 7) is 3.22. The van der Waals surface area contributed by atoms with E-state index < -0.39 is 0 Å². The second-order valence-corrected chi connectivity index (χ2v) is 5.19. The Hall–Kier alpha value is -1.24. The molecule has 2 N–H and O–H groups in total. The molecule has 2 atom stereocenters. The van der Waals surface area contributed by atoms with Crippen molar-refractivity contribution in [1.82, 2.24) is 14.9 Å². The number of hydrogen-bond acceptors (Lipinski definition) is 6. The SMILES string of the molecule is COCc1cc(N)nc(C2CN3CCCC3CO2)n1. The Morgan fingerprint density at radius 2 is 2.42 bits per heavy atom. The number of fused-ring (bicyclic) bond motifs is 1. The highest BCUT2D eigenvalue weighted by Gasteiger charge is 2.34. The number of morpholine rings is 1. The fraction of sp³-hybridized carbons (Fsp3) is 0.692. The van der Waals surface area contributed by atoms with E-state index in [1.54, 1.807) is 13.2 Å². The van der Waals surface area contributed by atoms with Crippen LogP contribution in [0.3, 0.4) is 0 Å². The third-order valence-corrected chi connectivity index (χ3v) is 3.79. The zero-order chi connectivity index (χ0) is 13.2. The monoisotopic (exact) mass is 264 g/mol. The summed E-state index contributed by atoms with van der Waals surface area (Å²) in [6.07, 6.45) is 2.42. The Balaban J connectivity index is 1.77. The standard InChI is InChI=1S/C13H20N4O2/c1-18-7-9-5-12(14)16-13(15-9)11-6-17-4-2-3-10(17)8-19-11/h5,10-11H,2-4,6-8H2,1H3,(H2,14,15,16). The maximum Gasteiger partial charge on any atom is 0.161 e. The third kappa shape index (κ3) is 2.70. The van der Waals surface area contributed by atoms with Gasteiger partial charge < -0.3 is 15.2 Å². The highest BCUT2D eigenvalue weighted by atomic mass is 16.5. The van der Waals surface area contributed by atoms with Gasteiger partial charge in [0.15, 0.2) is 5.82 Å². The van der Waals surface area contributed by atoms with E-state index in [9.17, 15) is 0 Å². The lowest BCUT2D eigenvalue weighted by Crippen LogP contribution is -2.43. The van der Waals surface area contributed by atoms with Crippen molar-refractivity contribution in [3.8, 4) is 0 Å². The summed E-state index contributed by atoms with van der Waals surface area (Å²) in [7, 11) is 1.64. The van der Waals surface area contributed by atoms with Crippen LogP contribution in [0.5, 0.6) is 0 Å². The lowest BCUT2D eigenvalue weighted by Gasteiger charge is -2.34. The van der Waals surface area contributed by atoms with Crippen LogP contribution < -0.4 is 5.73 Å². The van der Waals surface area contributed by atoms with Crippen molar-refractivity contribution in [2.24, 2.45) is 0 Å². The minimum Gasteiger partial charge on any atom is -0.384 e. The molecule has 6 nitrogen and oxygen atoms in total. The van der Waals surface area contributed by atoms with Gasteiger partial charge in [-0.25, -0.2) is 9.97 Å². The van der Waals surface area contributed by atoms with Crippen LogP contribution in [0.4, 0.5) is 5.82 Å². The average molecular weight is 264 g/mol. The number of hydrogen-bond donors (Lipinski definition) is 1. The summed E-state index contributed by atoms with van der Waals surface area (Å²) in [4.78, 5) is 11.3. The van der Waals surface area contributed by atoms with Crippen molar-refractivity contribution in [3.05, 3.63) is 17.6 Å². The van der Waals surface area contributed by atoms with Gasteiger partial charge in [0.1, 0.15) is 11.9 Å². The maximum atomic E-state index is 5.90. The molecule has 0 aromatic carbocycles. The molecule has 19 heavy (non-hydrogen) atoms. The second-order valence-electron chi connectivity index (χ2n) is 5.19. The molecule has 2 saturated heterocycles. The first kappa shape index (κ1) is 12.8. The van der Waals surface area contributed by atoms with Gasteiger partial charge in [-0.05, 0) is 19.4 Å². The van der Waals surface area contributed by atoms with E-state index >= 15 is 0 Å². The molecule has 3 rings (SSSR count). The number of anilines is 1. The zero-order valence-electron chi connectivity index (χ0n) is 11.2. The van der Waals surface area contributed by atoms with Gasteiger partial charge in [-0.15, -0.1) is 0 Å². The van der Waals surface area contributed by atoms with E-state index in [0.29, 0.717) is 24.3 Å². The number of aromatic nitrogens is 2. The van der Waals surface area contributed by atoms with Gasteiger partial charge in [0.05, 0.1) is 18.9 Å². The summed E-state index contributed by atoms with van der Waals surface area (Å²) in [6, 6.07) is 2.32. The molecule has 0 saturated carbocycles.